The summed E-state index contributed by atoms with van der Waals surface area (Å²) in [6, 6.07) is 26.0. The Hall–Kier alpha value is -3.66. The van der Waals surface area contributed by atoms with Crippen LogP contribution >= 0.6 is 0 Å². The highest BCUT2D eigenvalue weighted by molar-refractivity contribution is 5.67. The Bertz CT molecular complexity index is 1240. The molecule has 3 aromatic carbocycles. The number of para-hydroxylation sites is 2. The Balaban J connectivity index is 1.49. The van der Waals surface area contributed by atoms with Gasteiger partial charge in [0.05, 0.1) is 12.1 Å². The molecule has 0 radical (unpaired) electrons. The lowest BCUT2D eigenvalue weighted by atomic mass is 9.80. The monoisotopic (exact) mass is 478 g/mol. The average Bonchev–Trinajstić information content (AvgIpc) is 3.18. The van der Waals surface area contributed by atoms with Crippen molar-refractivity contribution in [3.8, 4) is 0 Å². The maximum Gasteiger partial charge on any atom is 0.0579 e. The Labute approximate surface area is 216 Å². The van der Waals surface area contributed by atoms with Crippen LogP contribution in [0, 0.1) is 0 Å². The summed E-state index contributed by atoms with van der Waals surface area (Å²) >= 11 is 0. The number of anilines is 4. The van der Waals surface area contributed by atoms with Crippen LogP contribution in [0.15, 0.2) is 97.3 Å². The minimum atomic E-state index is 0.00223. The fraction of sp³-hybridized carbons (Fsp3) is 0.312. The molecule has 2 aliphatic heterocycles. The first-order chi connectivity index (χ1) is 17.1. The number of nitrogen functional groups attached to an aromatic ring is 1. The van der Waals surface area contributed by atoms with Crippen LogP contribution < -0.4 is 20.4 Å². The standard InChI is InChI=1S/C32H38N4/c1-31(2)25-14-7-9-16-27(25)34(5)29(31)18-20-36(24-13-11-12-23(33)22-24)21-19-30-32(3,4)26-15-8-10-17-28(26)35(30)6/h7-22,29-30H,33H2,1-6H3. The molecule has 2 atom stereocenters. The van der Waals surface area contributed by atoms with Gasteiger partial charge in [0.2, 0.25) is 0 Å². The van der Waals surface area contributed by atoms with E-state index >= 15 is 0 Å². The molecule has 0 amide bonds. The fourth-order valence-electron chi connectivity index (χ4n) is 6.23. The molecule has 0 spiro atoms. The van der Waals surface area contributed by atoms with E-state index in [-0.39, 0.29) is 22.9 Å². The van der Waals surface area contributed by atoms with Crippen molar-refractivity contribution < 1.29 is 0 Å². The molecule has 0 aromatic heterocycles. The molecule has 3 aromatic rings. The van der Waals surface area contributed by atoms with Crippen LogP contribution in [0.5, 0.6) is 0 Å². The largest absolute Gasteiger partial charge is 0.399 e. The van der Waals surface area contributed by atoms with Gasteiger partial charge in [0, 0.05) is 60.1 Å². The lowest BCUT2D eigenvalue weighted by molar-refractivity contribution is 0.486. The van der Waals surface area contributed by atoms with E-state index in [1.165, 1.54) is 22.5 Å². The molecular weight excluding hydrogens is 440 g/mol. The van der Waals surface area contributed by atoms with Gasteiger partial charge in [0.25, 0.3) is 0 Å². The van der Waals surface area contributed by atoms with E-state index < -0.39 is 0 Å². The van der Waals surface area contributed by atoms with Crippen LogP contribution in [-0.4, -0.2) is 26.2 Å². The van der Waals surface area contributed by atoms with Crippen LogP contribution in [0.25, 0.3) is 0 Å². The first-order valence-electron chi connectivity index (χ1n) is 12.8. The summed E-state index contributed by atoms with van der Waals surface area (Å²) in [6.07, 6.45) is 9.06. The lowest BCUT2D eigenvalue weighted by Gasteiger charge is -2.31. The van der Waals surface area contributed by atoms with Crippen LogP contribution in [0.2, 0.25) is 0 Å². The third-order valence-corrected chi connectivity index (χ3v) is 8.30. The van der Waals surface area contributed by atoms with Crippen LogP contribution in [0.3, 0.4) is 0 Å². The van der Waals surface area contributed by atoms with Crippen molar-refractivity contribution in [3.63, 3.8) is 0 Å². The van der Waals surface area contributed by atoms with E-state index in [0.29, 0.717) is 0 Å². The number of benzene rings is 3. The zero-order valence-electron chi connectivity index (χ0n) is 22.3. The van der Waals surface area contributed by atoms with Crippen LogP contribution in [0.4, 0.5) is 22.7 Å². The Morgan fingerprint density at radius 1 is 0.694 bits per heavy atom. The van der Waals surface area contributed by atoms with Gasteiger partial charge in [-0.25, -0.2) is 0 Å². The molecule has 2 aliphatic rings. The normalized spacial score (nSPS) is 21.8. The zero-order chi connectivity index (χ0) is 25.7. The van der Waals surface area contributed by atoms with Gasteiger partial charge < -0.3 is 20.4 Å². The smallest absolute Gasteiger partial charge is 0.0579 e. The lowest BCUT2D eigenvalue weighted by Crippen LogP contribution is -2.38. The summed E-state index contributed by atoms with van der Waals surface area (Å²) < 4.78 is 0. The van der Waals surface area contributed by atoms with E-state index in [9.17, 15) is 0 Å². The third kappa shape index (κ3) is 3.85. The van der Waals surface area contributed by atoms with Crippen molar-refractivity contribution in [2.24, 2.45) is 0 Å². The number of rotatable bonds is 5. The minimum absolute atomic E-state index is 0.00223. The summed E-state index contributed by atoms with van der Waals surface area (Å²) in [6.45, 7) is 9.33. The molecule has 4 heteroatoms. The molecule has 4 nitrogen and oxygen atoms in total. The van der Waals surface area contributed by atoms with Gasteiger partial charge in [-0.05, 0) is 53.6 Å². The molecule has 186 valence electrons. The topological polar surface area (TPSA) is 35.7 Å². The first kappa shape index (κ1) is 24.1. The molecular formula is C32H38N4. The Morgan fingerprint density at radius 2 is 1.17 bits per heavy atom. The summed E-state index contributed by atoms with van der Waals surface area (Å²) in [5, 5.41) is 0. The van der Waals surface area contributed by atoms with Crippen molar-refractivity contribution in [2.45, 2.75) is 50.6 Å². The molecule has 5 rings (SSSR count). The maximum absolute atomic E-state index is 6.19. The summed E-state index contributed by atoms with van der Waals surface area (Å²) in [5.41, 5.74) is 13.4. The summed E-state index contributed by atoms with van der Waals surface area (Å²) in [5.74, 6) is 0. The van der Waals surface area contributed by atoms with Gasteiger partial charge >= 0.3 is 0 Å². The van der Waals surface area contributed by atoms with Crippen molar-refractivity contribution in [1.29, 1.82) is 0 Å². The summed E-state index contributed by atoms with van der Waals surface area (Å²) in [4.78, 5) is 6.98. The highest BCUT2D eigenvalue weighted by Crippen LogP contribution is 2.46. The molecule has 2 N–H and O–H groups in total. The highest BCUT2D eigenvalue weighted by atomic mass is 15.2. The van der Waals surface area contributed by atoms with Crippen molar-refractivity contribution in [2.75, 3.05) is 34.5 Å². The van der Waals surface area contributed by atoms with Crippen molar-refractivity contribution in [1.82, 2.24) is 0 Å². The first-order valence-corrected chi connectivity index (χ1v) is 12.8. The Morgan fingerprint density at radius 3 is 1.61 bits per heavy atom. The maximum atomic E-state index is 6.19. The predicted molar refractivity (Wildman–Crippen MR) is 155 cm³/mol. The molecule has 36 heavy (non-hydrogen) atoms. The minimum Gasteiger partial charge on any atom is -0.399 e. The number of likely N-dealkylation sites (N-methyl/N-ethyl adjacent to an activating group) is 2. The van der Waals surface area contributed by atoms with E-state index in [0.717, 1.165) is 11.4 Å². The number of fused-ring (bicyclic) bond motifs is 2. The quantitative estimate of drug-likeness (QED) is 0.414. The second-order valence-corrected chi connectivity index (χ2v) is 11.3. The SMILES string of the molecule is CN1c2ccccc2C(C)(C)C1C=CN(C=CC1N(C)c2ccccc2C1(C)C)c1cccc(N)c1. The van der Waals surface area contributed by atoms with E-state index in [1.54, 1.807) is 0 Å². The molecule has 2 heterocycles. The van der Waals surface area contributed by atoms with E-state index in [2.05, 4.69) is 136 Å². The Kier molecular flexibility index (Phi) is 5.86. The number of nitrogens with zero attached hydrogens (tertiary/aromatic N) is 3. The number of hydrogen-bond donors (Lipinski definition) is 1. The van der Waals surface area contributed by atoms with Gasteiger partial charge in [0.1, 0.15) is 0 Å². The second-order valence-electron chi connectivity index (χ2n) is 11.3. The molecule has 0 saturated heterocycles. The number of hydrogen-bond acceptors (Lipinski definition) is 4. The predicted octanol–water partition coefficient (Wildman–Crippen LogP) is 6.70. The molecule has 0 aliphatic carbocycles. The molecule has 0 saturated carbocycles. The van der Waals surface area contributed by atoms with Crippen molar-refractivity contribution in [3.05, 3.63) is 108 Å². The highest BCUT2D eigenvalue weighted by Gasteiger charge is 2.42. The van der Waals surface area contributed by atoms with Gasteiger partial charge in [-0.3, -0.25) is 0 Å². The van der Waals surface area contributed by atoms with E-state index in [1.807, 2.05) is 18.2 Å². The van der Waals surface area contributed by atoms with Gasteiger partial charge in [-0.15, -0.1) is 0 Å². The molecule has 0 bridgehead atoms. The van der Waals surface area contributed by atoms with Crippen LogP contribution in [0.1, 0.15) is 38.8 Å². The third-order valence-electron chi connectivity index (χ3n) is 8.30. The van der Waals surface area contributed by atoms with Crippen molar-refractivity contribution >= 4 is 22.7 Å². The molecule has 2 unspecified atom stereocenters. The fourth-order valence-corrected chi connectivity index (χ4v) is 6.23. The molecule has 0 fully saturated rings. The average molecular weight is 479 g/mol. The van der Waals surface area contributed by atoms with Crippen LogP contribution in [-0.2, 0) is 10.8 Å². The van der Waals surface area contributed by atoms with E-state index in [4.69, 9.17) is 5.73 Å². The number of nitrogens with two attached hydrogens (primary N) is 1. The summed E-state index contributed by atoms with van der Waals surface area (Å²) in [7, 11) is 4.38. The zero-order valence-corrected chi connectivity index (χ0v) is 22.3. The van der Waals surface area contributed by atoms with Gasteiger partial charge in [-0.2, -0.15) is 0 Å². The van der Waals surface area contributed by atoms with Gasteiger partial charge in [0.15, 0.2) is 0 Å². The second kappa shape index (κ2) is 8.77. The van der Waals surface area contributed by atoms with Gasteiger partial charge in [-0.1, -0.05) is 70.2 Å².